The molecule has 0 atom stereocenters. The molecule has 1 saturated heterocycles. The third-order valence-electron chi connectivity index (χ3n) is 6.34. The van der Waals surface area contributed by atoms with Gasteiger partial charge in [-0.25, -0.2) is 16.8 Å². The van der Waals surface area contributed by atoms with Crippen LogP contribution in [0.3, 0.4) is 0 Å². The van der Waals surface area contributed by atoms with Crippen molar-refractivity contribution in [2.24, 2.45) is 0 Å². The molecular formula is C27H30BrN3O5S2. The molecule has 1 N–H and O–H groups in total. The number of nitrogens with zero attached hydrogens (tertiary/aromatic N) is 2. The number of nitrogens with one attached hydrogen (secondary N) is 1. The molecule has 11 heteroatoms. The van der Waals surface area contributed by atoms with Gasteiger partial charge in [0, 0.05) is 30.7 Å². The van der Waals surface area contributed by atoms with Gasteiger partial charge in [-0.2, -0.15) is 8.61 Å². The van der Waals surface area contributed by atoms with Crippen LogP contribution in [0.4, 0.5) is 0 Å². The Bertz CT molecular complexity index is 1440. The average molecular weight is 621 g/mol. The highest BCUT2D eigenvalue weighted by atomic mass is 79.9. The van der Waals surface area contributed by atoms with Gasteiger partial charge in [0.05, 0.1) is 16.3 Å². The first-order valence-electron chi connectivity index (χ1n) is 12.3. The molecule has 4 rings (SSSR count). The monoisotopic (exact) mass is 619 g/mol. The second-order valence-corrected chi connectivity index (χ2v) is 13.9. The standard InChI is InChI=1S/C27H30BrN3O5S2/c28-24-13-9-23(10-14-24)20-31(38(35,36)25-7-3-1-4-8-25)21-27(32)29-19-22-11-15-26(16-12-22)37(33,34)30-17-5-2-6-18-30/h1,3-4,7-16H,2,5-6,17-21H2,(H,29,32). The summed E-state index contributed by atoms with van der Waals surface area (Å²) in [4.78, 5) is 13.2. The van der Waals surface area contributed by atoms with Crippen molar-refractivity contribution in [3.63, 3.8) is 0 Å². The van der Waals surface area contributed by atoms with E-state index in [1.165, 1.54) is 16.4 Å². The van der Waals surface area contributed by atoms with Crippen molar-refractivity contribution in [2.45, 2.75) is 42.1 Å². The fourth-order valence-corrected chi connectivity index (χ4v) is 7.40. The van der Waals surface area contributed by atoms with Crippen LogP contribution in [-0.4, -0.2) is 51.0 Å². The van der Waals surface area contributed by atoms with E-state index in [1.807, 2.05) is 12.1 Å². The molecule has 1 amide bonds. The minimum atomic E-state index is -3.93. The Morgan fingerprint density at radius 3 is 2.03 bits per heavy atom. The van der Waals surface area contributed by atoms with Crippen molar-refractivity contribution >= 4 is 41.9 Å². The number of carbonyl (C=O) groups is 1. The van der Waals surface area contributed by atoms with E-state index in [0.717, 1.165) is 33.6 Å². The molecule has 1 aliphatic heterocycles. The highest BCUT2D eigenvalue weighted by Crippen LogP contribution is 2.22. The van der Waals surface area contributed by atoms with Crippen molar-refractivity contribution in [1.82, 2.24) is 13.9 Å². The van der Waals surface area contributed by atoms with Crippen molar-refractivity contribution in [3.05, 3.63) is 94.5 Å². The van der Waals surface area contributed by atoms with E-state index in [9.17, 15) is 21.6 Å². The summed E-state index contributed by atoms with van der Waals surface area (Å²) in [6.07, 6.45) is 2.77. The number of benzene rings is 3. The van der Waals surface area contributed by atoms with E-state index in [-0.39, 0.29) is 29.4 Å². The van der Waals surface area contributed by atoms with Crippen LogP contribution in [0, 0.1) is 0 Å². The molecular weight excluding hydrogens is 590 g/mol. The van der Waals surface area contributed by atoms with Crippen LogP contribution in [-0.2, 0) is 37.9 Å². The molecule has 0 aromatic heterocycles. The SMILES string of the molecule is O=C(CN(Cc1ccc(Br)cc1)S(=O)(=O)c1ccccc1)NCc1ccc(S(=O)(=O)N2CCCCC2)cc1. The summed E-state index contributed by atoms with van der Waals surface area (Å²) in [5.74, 6) is -0.466. The molecule has 202 valence electrons. The zero-order valence-corrected chi connectivity index (χ0v) is 24.0. The lowest BCUT2D eigenvalue weighted by Crippen LogP contribution is -2.40. The van der Waals surface area contributed by atoms with Crippen LogP contribution < -0.4 is 5.32 Å². The van der Waals surface area contributed by atoms with Crippen LogP contribution >= 0.6 is 15.9 Å². The summed E-state index contributed by atoms with van der Waals surface area (Å²) in [7, 11) is -7.46. The van der Waals surface area contributed by atoms with Gasteiger partial charge < -0.3 is 5.32 Å². The fraction of sp³-hybridized carbons (Fsp3) is 0.296. The number of rotatable bonds is 10. The van der Waals surface area contributed by atoms with E-state index in [1.54, 1.807) is 54.6 Å². The molecule has 1 heterocycles. The molecule has 3 aromatic carbocycles. The molecule has 1 fully saturated rings. The van der Waals surface area contributed by atoms with E-state index < -0.39 is 26.0 Å². The van der Waals surface area contributed by atoms with Crippen LogP contribution in [0.1, 0.15) is 30.4 Å². The number of amides is 1. The lowest BCUT2D eigenvalue weighted by Gasteiger charge is -2.25. The Morgan fingerprint density at radius 2 is 1.39 bits per heavy atom. The summed E-state index contributed by atoms with van der Waals surface area (Å²) >= 11 is 3.37. The predicted octanol–water partition coefficient (Wildman–Crippen LogP) is 4.13. The van der Waals surface area contributed by atoms with Gasteiger partial charge in [0.15, 0.2) is 0 Å². The van der Waals surface area contributed by atoms with Gasteiger partial charge in [-0.15, -0.1) is 0 Å². The number of halogens is 1. The lowest BCUT2D eigenvalue weighted by atomic mass is 10.2. The molecule has 0 unspecified atom stereocenters. The van der Waals surface area contributed by atoms with Gasteiger partial charge in [-0.3, -0.25) is 4.79 Å². The van der Waals surface area contributed by atoms with Crippen molar-refractivity contribution in [2.75, 3.05) is 19.6 Å². The minimum absolute atomic E-state index is 0.0288. The van der Waals surface area contributed by atoms with Gasteiger partial charge in [-0.05, 0) is 60.4 Å². The molecule has 3 aromatic rings. The summed E-state index contributed by atoms with van der Waals surface area (Å²) in [5.41, 5.74) is 1.45. The van der Waals surface area contributed by atoms with E-state index >= 15 is 0 Å². The maximum atomic E-state index is 13.4. The molecule has 0 bridgehead atoms. The van der Waals surface area contributed by atoms with Gasteiger partial charge in [0.2, 0.25) is 26.0 Å². The first kappa shape index (κ1) is 28.4. The van der Waals surface area contributed by atoms with Gasteiger partial charge in [0.1, 0.15) is 0 Å². The normalized spacial score (nSPS) is 14.9. The molecule has 1 aliphatic rings. The van der Waals surface area contributed by atoms with Crippen molar-refractivity contribution in [1.29, 1.82) is 0 Å². The van der Waals surface area contributed by atoms with Gasteiger partial charge >= 0.3 is 0 Å². The van der Waals surface area contributed by atoms with Crippen LogP contribution in [0.25, 0.3) is 0 Å². The molecule has 0 aliphatic carbocycles. The highest BCUT2D eigenvalue weighted by molar-refractivity contribution is 9.10. The van der Waals surface area contributed by atoms with Crippen molar-refractivity contribution < 1.29 is 21.6 Å². The lowest BCUT2D eigenvalue weighted by molar-refractivity contribution is -0.121. The Hall–Kier alpha value is -2.57. The Morgan fingerprint density at radius 1 is 0.789 bits per heavy atom. The van der Waals surface area contributed by atoms with Gasteiger partial charge in [-0.1, -0.05) is 64.8 Å². The molecule has 8 nitrogen and oxygen atoms in total. The minimum Gasteiger partial charge on any atom is -0.351 e. The smallest absolute Gasteiger partial charge is 0.243 e. The van der Waals surface area contributed by atoms with Crippen LogP contribution in [0.2, 0.25) is 0 Å². The predicted molar refractivity (Wildman–Crippen MR) is 149 cm³/mol. The number of hydrogen-bond acceptors (Lipinski definition) is 5. The van der Waals surface area contributed by atoms with Crippen LogP contribution in [0.5, 0.6) is 0 Å². The number of piperidine rings is 1. The van der Waals surface area contributed by atoms with Crippen LogP contribution in [0.15, 0.2) is 93.1 Å². The maximum absolute atomic E-state index is 13.4. The molecule has 0 saturated carbocycles. The second kappa shape index (κ2) is 12.5. The number of hydrogen-bond donors (Lipinski definition) is 1. The third kappa shape index (κ3) is 7.09. The summed E-state index contributed by atoms with van der Waals surface area (Å²) in [6, 6.07) is 21.7. The largest absolute Gasteiger partial charge is 0.351 e. The zero-order chi connectivity index (χ0) is 27.2. The second-order valence-electron chi connectivity index (χ2n) is 9.10. The summed E-state index contributed by atoms with van der Waals surface area (Å²) in [5, 5.41) is 2.76. The summed E-state index contributed by atoms with van der Waals surface area (Å²) in [6.45, 7) is 0.863. The van der Waals surface area contributed by atoms with E-state index in [4.69, 9.17) is 0 Å². The third-order valence-corrected chi connectivity index (χ3v) is 10.6. The maximum Gasteiger partial charge on any atom is 0.243 e. The first-order valence-corrected chi connectivity index (χ1v) is 16.0. The quantitative estimate of drug-likeness (QED) is 0.367. The fourth-order valence-electron chi connectivity index (χ4n) is 4.21. The van der Waals surface area contributed by atoms with Gasteiger partial charge in [0.25, 0.3) is 0 Å². The average Bonchev–Trinajstić information content (AvgIpc) is 2.94. The molecule has 38 heavy (non-hydrogen) atoms. The Labute approximate surface area is 232 Å². The Kier molecular flexibility index (Phi) is 9.37. The molecule has 0 spiro atoms. The number of sulfonamides is 2. The molecule has 0 radical (unpaired) electrons. The van der Waals surface area contributed by atoms with Crippen molar-refractivity contribution in [3.8, 4) is 0 Å². The van der Waals surface area contributed by atoms with E-state index in [2.05, 4.69) is 21.2 Å². The highest BCUT2D eigenvalue weighted by Gasteiger charge is 2.27. The number of carbonyl (C=O) groups excluding carboxylic acids is 1. The Balaban J connectivity index is 1.43. The topological polar surface area (TPSA) is 104 Å². The first-order chi connectivity index (χ1) is 18.2. The summed E-state index contributed by atoms with van der Waals surface area (Å²) < 4.78 is 55.9. The zero-order valence-electron chi connectivity index (χ0n) is 20.8. The van der Waals surface area contributed by atoms with E-state index in [0.29, 0.717) is 18.7 Å².